The first kappa shape index (κ1) is 15.9. The molecule has 114 valence electrons. The molecule has 0 aliphatic heterocycles. The van der Waals surface area contributed by atoms with Crippen LogP contribution in [0.2, 0.25) is 5.02 Å². The van der Waals surface area contributed by atoms with Crippen LogP contribution < -0.4 is 0 Å². The highest BCUT2D eigenvalue weighted by Gasteiger charge is 2.15. The Hall–Kier alpha value is -2.44. The van der Waals surface area contributed by atoms with E-state index in [1.807, 2.05) is 0 Å². The summed E-state index contributed by atoms with van der Waals surface area (Å²) in [5, 5.41) is 19.6. The molecule has 2 aromatic carbocycles. The zero-order valence-corrected chi connectivity index (χ0v) is 12.1. The number of nitrogens with zero attached hydrogens (tertiary/aromatic N) is 1. The average molecular weight is 322 g/mol. The molecule has 22 heavy (non-hydrogen) atoms. The van der Waals surface area contributed by atoms with Crippen molar-refractivity contribution in [1.29, 1.82) is 0 Å². The van der Waals surface area contributed by atoms with Crippen molar-refractivity contribution in [2.45, 2.75) is 6.61 Å². The van der Waals surface area contributed by atoms with Crippen LogP contribution in [0, 0.1) is 10.1 Å². The molecule has 0 atom stereocenters. The van der Waals surface area contributed by atoms with Crippen LogP contribution in [0.4, 0.5) is 5.69 Å². The Kier molecular flexibility index (Phi) is 5.08. The minimum absolute atomic E-state index is 0.0633. The summed E-state index contributed by atoms with van der Waals surface area (Å²) in [4.78, 5) is 20.9. The van der Waals surface area contributed by atoms with Crippen LogP contribution in [-0.2, 0) is 16.1 Å². The molecule has 0 saturated carbocycles. The van der Waals surface area contributed by atoms with Crippen molar-refractivity contribution in [3.05, 3.63) is 63.2 Å². The second kappa shape index (κ2) is 7.02. The molecule has 2 aromatic rings. The van der Waals surface area contributed by atoms with Gasteiger partial charge in [0, 0.05) is 6.07 Å². The molecule has 0 heterocycles. The van der Waals surface area contributed by atoms with Crippen LogP contribution in [0.25, 0.3) is 11.1 Å². The molecule has 0 bridgehead atoms. The van der Waals surface area contributed by atoms with Gasteiger partial charge in [-0.05, 0) is 22.8 Å². The maximum atomic E-state index is 11.0. The summed E-state index contributed by atoms with van der Waals surface area (Å²) in [5.74, 6) is -1.06. The Morgan fingerprint density at radius 2 is 2.00 bits per heavy atom. The van der Waals surface area contributed by atoms with Crippen molar-refractivity contribution in [1.82, 2.24) is 0 Å². The van der Waals surface area contributed by atoms with E-state index in [9.17, 15) is 14.9 Å². The Morgan fingerprint density at radius 3 is 2.68 bits per heavy atom. The second-order valence-electron chi connectivity index (χ2n) is 4.47. The summed E-state index contributed by atoms with van der Waals surface area (Å²) in [5.41, 5.74) is 1.90. The summed E-state index contributed by atoms with van der Waals surface area (Å²) in [6.07, 6.45) is 0. The van der Waals surface area contributed by atoms with Gasteiger partial charge in [-0.3, -0.25) is 10.1 Å². The SMILES string of the molecule is O=C(O)COCc1ccccc1-c1ccc(Cl)c([N+](=O)[O-])c1. The fraction of sp³-hybridized carbons (Fsp3) is 0.133. The van der Waals surface area contributed by atoms with Crippen LogP contribution in [0.5, 0.6) is 0 Å². The number of carboxylic acids is 1. The molecule has 0 aliphatic carbocycles. The third-order valence-corrected chi connectivity index (χ3v) is 3.27. The van der Waals surface area contributed by atoms with Gasteiger partial charge in [-0.15, -0.1) is 0 Å². The van der Waals surface area contributed by atoms with Gasteiger partial charge in [0.15, 0.2) is 0 Å². The highest BCUT2D eigenvalue weighted by Crippen LogP contribution is 2.32. The van der Waals surface area contributed by atoms with Crippen LogP contribution in [0.15, 0.2) is 42.5 Å². The van der Waals surface area contributed by atoms with Gasteiger partial charge in [-0.2, -0.15) is 0 Å². The topological polar surface area (TPSA) is 89.7 Å². The normalized spacial score (nSPS) is 10.4. The van der Waals surface area contributed by atoms with Crippen molar-refractivity contribution in [3.8, 4) is 11.1 Å². The molecule has 0 amide bonds. The Bertz CT molecular complexity index is 717. The molecule has 0 aromatic heterocycles. The lowest BCUT2D eigenvalue weighted by Gasteiger charge is -2.10. The Balaban J connectivity index is 2.34. The van der Waals surface area contributed by atoms with Gasteiger partial charge in [0.05, 0.1) is 11.5 Å². The van der Waals surface area contributed by atoms with Crippen molar-refractivity contribution < 1.29 is 19.6 Å². The zero-order chi connectivity index (χ0) is 16.1. The largest absolute Gasteiger partial charge is 0.480 e. The highest BCUT2D eigenvalue weighted by molar-refractivity contribution is 6.32. The van der Waals surface area contributed by atoms with Crippen molar-refractivity contribution in [2.24, 2.45) is 0 Å². The monoisotopic (exact) mass is 321 g/mol. The number of aliphatic carboxylic acids is 1. The predicted molar refractivity (Wildman–Crippen MR) is 80.8 cm³/mol. The quantitative estimate of drug-likeness (QED) is 0.649. The van der Waals surface area contributed by atoms with Gasteiger partial charge in [0.1, 0.15) is 11.6 Å². The number of rotatable bonds is 6. The molecule has 0 saturated heterocycles. The van der Waals surface area contributed by atoms with E-state index in [0.29, 0.717) is 5.56 Å². The van der Waals surface area contributed by atoms with E-state index in [-0.39, 0.29) is 17.3 Å². The fourth-order valence-electron chi connectivity index (χ4n) is 2.00. The van der Waals surface area contributed by atoms with Gasteiger partial charge in [-0.1, -0.05) is 41.9 Å². The van der Waals surface area contributed by atoms with Crippen molar-refractivity contribution >= 4 is 23.3 Å². The molecular weight excluding hydrogens is 310 g/mol. The first-order valence-electron chi connectivity index (χ1n) is 6.31. The van der Waals surface area contributed by atoms with Gasteiger partial charge in [0.25, 0.3) is 5.69 Å². The molecule has 1 N–H and O–H groups in total. The lowest BCUT2D eigenvalue weighted by Crippen LogP contribution is -2.07. The molecule has 6 nitrogen and oxygen atoms in total. The number of benzene rings is 2. The maximum Gasteiger partial charge on any atom is 0.329 e. The van der Waals surface area contributed by atoms with Crippen molar-refractivity contribution in [3.63, 3.8) is 0 Å². The zero-order valence-electron chi connectivity index (χ0n) is 11.4. The summed E-state index contributed by atoms with van der Waals surface area (Å²) < 4.78 is 5.09. The number of carbonyl (C=O) groups is 1. The number of hydrogen-bond acceptors (Lipinski definition) is 4. The first-order valence-corrected chi connectivity index (χ1v) is 6.68. The molecular formula is C15H12ClNO5. The summed E-state index contributed by atoms with van der Waals surface area (Å²) in [6, 6.07) is 11.7. The van der Waals surface area contributed by atoms with Gasteiger partial charge in [0.2, 0.25) is 0 Å². The first-order chi connectivity index (χ1) is 10.5. The Morgan fingerprint density at radius 1 is 1.27 bits per heavy atom. The standard InChI is InChI=1S/C15H12ClNO5/c16-13-6-5-10(7-14(13)17(20)21)12-4-2-1-3-11(12)8-22-9-15(18)19/h1-7H,8-9H2,(H,18,19). The van der Waals surface area contributed by atoms with E-state index in [4.69, 9.17) is 21.4 Å². The van der Waals surface area contributed by atoms with Gasteiger partial charge < -0.3 is 9.84 Å². The molecule has 0 aliphatic rings. The fourth-order valence-corrected chi connectivity index (χ4v) is 2.18. The molecule has 0 radical (unpaired) electrons. The third kappa shape index (κ3) is 3.81. The smallest absolute Gasteiger partial charge is 0.329 e. The van der Waals surface area contributed by atoms with Crippen LogP contribution in [-0.4, -0.2) is 22.6 Å². The highest BCUT2D eigenvalue weighted by atomic mass is 35.5. The minimum atomic E-state index is -1.06. The molecule has 0 fully saturated rings. The number of carboxylic acid groups (broad SMARTS) is 1. The predicted octanol–water partition coefficient (Wildman–Crippen LogP) is 3.52. The number of nitro benzene ring substituents is 1. The molecule has 2 rings (SSSR count). The summed E-state index contributed by atoms with van der Waals surface area (Å²) >= 11 is 5.81. The average Bonchev–Trinajstić information content (AvgIpc) is 2.48. The van der Waals surface area contributed by atoms with Crippen molar-refractivity contribution in [2.75, 3.05) is 6.61 Å². The third-order valence-electron chi connectivity index (χ3n) is 2.95. The minimum Gasteiger partial charge on any atom is -0.480 e. The summed E-state index contributed by atoms with van der Waals surface area (Å²) in [6.45, 7) is -0.312. The molecule has 0 unspecified atom stereocenters. The van der Waals surface area contributed by atoms with E-state index in [1.165, 1.54) is 12.1 Å². The number of halogens is 1. The maximum absolute atomic E-state index is 11.0. The lowest BCUT2D eigenvalue weighted by molar-refractivity contribution is -0.384. The number of ether oxygens (including phenoxy) is 1. The van der Waals surface area contributed by atoms with Crippen LogP contribution in [0.1, 0.15) is 5.56 Å². The summed E-state index contributed by atoms with van der Waals surface area (Å²) in [7, 11) is 0. The van der Waals surface area contributed by atoms with Crippen LogP contribution >= 0.6 is 11.6 Å². The molecule has 0 spiro atoms. The second-order valence-corrected chi connectivity index (χ2v) is 4.87. The van der Waals surface area contributed by atoms with E-state index in [0.717, 1.165) is 11.1 Å². The van der Waals surface area contributed by atoms with Gasteiger partial charge in [-0.25, -0.2) is 4.79 Å². The van der Waals surface area contributed by atoms with E-state index >= 15 is 0 Å². The van der Waals surface area contributed by atoms with E-state index in [2.05, 4.69) is 0 Å². The molecule has 7 heteroatoms. The van der Waals surface area contributed by atoms with Crippen LogP contribution in [0.3, 0.4) is 0 Å². The lowest BCUT2D eigenvalue weighted by atomic mass is 10.00. The number of hydrogen-bond donors (Lipinski definition) is 1. The Labute approximate surface area is 131 Å². The number of nitro groups is 1. The van der Waals surface area contributed by atoms with Gasteiger partial charge >= 0.3 is 5.97 Å². The van der Waals surface area contributed by atoms with E-state index < -0.39 is 17.5 Å². The van der Waals surface area contributed by atoms with E-state index in [1.54, 1.807) is 30.3 Å².